The number of hydrogen-bond donors (Lipinski definition) is 1. The Hall–Kier alpha value is -1.85. The van der Waals surface area contributed by atoms with Crippen LogP contribution < -0.4 is 10.2 Å². The van der Waals surface area contributed by atoms with E-state index in [9.17, 15) is 4.79 Å². The number of hydrogen-bond acceptors (Lipinski definition) is 4. The van der Waals surface area contributed by atoms with Crippen LogP contribution in [-0.2, 0) is 0 Å². The highest BCUT2D eigenvalue weighted by Gasteiger charge is 2.24. The Morgan fingerprint density at radius 2 is 1.89 bits per heavy atom. The second-order valence-electron chi connectivity index (χ2n) is 5.72. The molecule has 1 aliphatic heterocycles. The fourth-order valence-electron chi connectivity index (χ4n) is 1.99. The number of urea groups is 1. The first kappa shape index (κ1) is 13.6. The van der Waals surface area contributed by atoms with Gasteiger partial charge in [0.2, 0.25) is 0 Å². The van der Waals surface area contributed by atoms with Crippen molar-refractivity contribution in [1.29, 1.82) is 0 Å². The molecule has 6 nitrogen and oxygen atoms in total. The number of anilines is 1. The summed E-state index contributed by atoms with van der Waals surface area (Å²) in [5.74, 6) is 0.873. The van der Waals surface area contributed by atoms with Crippen LogP contribution in [0.4, 0.5) is 10.6 Å². The van der Waals surface area contributed by atoms with Gasteiger partial charge in [-0.1, -0.05) is 0 Å². The molecule has 2 heterocycles. The Kier molecular flexibility index (Phi) is 3.87. The van der Waals surface area contributed by atoms with E-state index in [1.165, 1.54) is 0 Å². The molecule has 0 radical (unpaired) electrons. The summed E-state index contributed by atoms with van der Waals surface area (Å²) < 4.78 is 0. The predicted octanol–water partition coefficient (Wildman–Crippen LogP) is 1.11. The van der Waals surface area contributed by atoms with Crippen molar-refractivity contribution in [1.82, 2.24) is 20.2 Å². The molecule has 1 aromatic rings. The molecule has 2 amide bonds. The van der Waals surface area contributed by atoms with Gasteiger partial charge in [-0.3, -0.25) is 4.98 Å². The Labute approximate surface area is 113 Å². The largest absolute Gasteiger partial charge is 0.352 e. The predicted molar refractivity (Wildman–Crippen MR) is 74.1 cm³/mol. The van der Waals surface area contributed by atoms with Crippen molar-refractivity contribution < 1.29 is 4.79 Å². The van der Waals surface area contributed by atoms with Crippen LogP contribution in [0, 0.1) is 0 Å². The second kappa shape index (κ2) is 5.42. The second-order valence-corrected chi connectivity index (χ2v) is 5.72. The van der Waals surface area contributed by atoms with Crippen molar-refractivity contribution in [3.63, 3.8) is 0 Å². The summed E-state index contributed by atoms with van der Waals surface area (Å²) in [4.78, 5) is 24.4. The third kappa shape index (κ3) is 3.81. The zero-order chi connectivity index (χ0) is 13.9. The number of nitrogens with zero attached hydrogens (tertiary/aromatic N) is 4. The van der Waals surface area contributed by atoms with Crippen LogP contribution in [0.1, 0.15) is 20.8 Å². The van der Waals surface area contributed by atoms with E-state index in [-0.39, 0.29) is 11.6 Å². The van der Waals surface area contributed by atoms with E-state index in [1.54, 1.807) is 18.6 Å². The minimum atomic E-state index is -0.195. The van der Waals surface area contributed by atoms with Crippen LogP contribution in [0.2, 0.25) is 0 Å². The number of amides is 2. The Bertz CT molecular complexity index is 420. The number of rotatable bonds is 1. The molecule has 1 saturated heterocycles. The van der Waals surface area contributed by atoms with Crippen LogP contribution in [0.15, 0.2) is 18.6 Å². The molecule has 104 valence electrons. The molecule has 0 atom stereocenters. The van der Waals surface area contributed by atoms with Crippen molar-refractivity contribution in [2.75, 3.05) is 31.1 Å². The van der Waals surface area contributed by atoms with Gasteiger partial charge in [-0.25, -0.2) is 9.78 Å². The minimum absolute atomic E-state index is 0.00583. The molecule has 0 unspecified atom stereocenters. The lowest BCUT2D eigenvalue weighted by molar-refractivity contribution is 0.185. The molecule has 6 heteroatoms. The molecule has 0 aliphatic carbocycles. The number of aromatic nitrogens is 2. The van der Waals surface area contributed by atoms with Gasteiger partial charge in [-0.2, -0.15) is 0 Å². The van der Waals surface area contributed by atoms with Gasteiger partial charge < -0.3 is 15.1 Å². The maximum Gasteiger partial charge on any atom is 0.317 e. The van der Waals surface area contributed by atoms with Crippen LogP contribution in [-0.4, -0.2) is 52.6 Å². The maximum absolute atomic E-state index is 12.0. The van der Waals surface area contributed by atoms with E-state index in [1.807, 2.05) is 25.7 Å². The molecule has 2 rings (SSSR count). The summed E-state index contributed by atoms with van der Waals surface area (Å²) in [6.45, 7) is 8.95. The highest BCUT2D eigenvalue weighted by atomic mass is 16.2. The van der Waals surface area contributed by atoms with Gasteiger partial charge in [0, 0.05) is 44.1 Å². The summed E-state index contributed by atoms with van der Waals surface area (Å²) >= 11 is 0. The van der Waals surface area contributed by atoms with Crippen molar-refractivity contribution in [2.45, 2.75) is 26.3 Å². The normalized spacial score (nSPS) is 16.4. The van der Waals surface area contributed by atoms with Crippen LogP contribution in [0.5, 0.6) is 0 Å². The molecule has 1 aromatic heterocycles. The first-order valence-corrected chi connectivity index (χ1v) is 6.54. The topological polar surface area (TPSA) is 61.4 Å². The van der Waals surface area contributed by atoms with Gasteiger partial charge in [0.05, 0.1) is 6.20 Å². The third-order valence-electron chi connectivity index (χ3n) is 2.92. The fraction of sp³-hybridized carbons (Fsp3) is 0.615. The van der Waals surface area contributed by atoms with E-state index >= 15 is 0 Å². The number of carbonyl (C=O) groups is 1. The van der Waals surface area contributed by atoms with E-state index in [0.717, 1.165) is 18.9 Å². The van der Waals surface area contributed by atoms with E-state index in [4.69, 9.17) is 0 Å². The monoisotopic (exact) mass is 263 g/mol. The average Bonchev–Trinajstić information content (AvgIpc) is 2.38. The fourth-order valence-corrected chi connectivity index (χ4v) is 1.99. The van der Waals surface area contributed by atoms with Crippen molar-refractivity contribution in [2.24, 2.45) is 0 Å². The molecule has 1 fully saturated rings. The average molecular weight is 263 g/mol. The van der Waals surface area contributed by atoms with Crippen LogP contribution in [0.3, 0.4) is 0 Å². The van der Waals surface area contributed by atoms with Gasteiger partial charge in [0.25, 0.3) is 0 Å². The number of carbonyl (C=O) groups excluding carboxylic acids is 1. The molecule has 0 saturated carbocycles. The lowest BCUT2D eigenvalue weighted by Gasteiger charge is -2.36. The van der Waals surface area contributed by atoms with E-state index in [0.29, 0.717) is 13.1 Å². The lowest BCUT2D eigenvalue weighted by atomic mass is 10.1. The zero-order valence-electron chi connectivity index (χ0n) is 11.8. The number of nitrogens with one attached hydrogen (secondary N) is 1. The summed E-state index contributed by atoms with van der Waals surface area (Å²) in [6.07, 6.45) is 5.11. The summed E-state index contributed by atoms with van der Waals surface area (Å²) in [6, 6.07) is 0.00583. The molecule has 0 spiro atoms. The summed E-state index contributed by atoms with van der Waals surface area (Å²) in [5.41, 5.74) is -0.195. The lowest BCUT2D eigenvalue weighted by Crippen LogP contribution is -2.55. The molecule has 0 aromatic carbocycles. The van der Waals surface area contributed by atoms with Gasteiger partial charge >= 0.3 is 6.03 Å². The Morgan fingerprint density at radius 3 is 2.42 bits per heavy atom. The Balaban J connectivity index is 1.88. The first-order valence-electron chi connectivity index (χ1n) is 6.54. The molecule has 1 N–H and O–H groups in total. The molecule has 1 aliphatic rings. The molecule has 0 bridgehead atoms. The molecule has 19 heavy (non-hydrogen) atoms. The SMILES string of the molecule is CC(C)(C)NC(=O)N1CCN(c2cnccn2)CC1. The highest BCUT2D eigenvalue weighted by molar-refractivity contribution is 5.75. The molecular formula is C13H21N5O. The van der Waals surface area contributed by atoms with Crippen LogP contribution >= 0.6 is 0 Å². The van der Waals surface area contributed by atoms with Gasteiger partial charge in [0.1, 0.15) is 5.82 Å². The quantitative estimate of drug-likeness (QED) is 0.824. The van der Waals surface area contributed by atoms with E-state index < -0.39 is 0 Å². The molecular weight excluding hydrogens is 242 g/mol. The van der Waals surface area contributed by atoms with Crippen molar-refractivity contribution in [3.8, 4) is 0 Å². The third-order valence-corrected chi connectivity index (χ3v) is 2.92. The van der Waals surface area contributed by atoms with Crippen LogP contribution in [0.25, 0.3) is 0 Å². The zero-order valence-corrected chi connectivity index (χ0v) is 11.8. The number of piperazine rings is 1. The van der Waals surface area contributed by atoms with Gasteiger partial charge in [0.15, 0.2) is 0 Å². The first-order chi connectivity index (χ1) is 8.96. The maximum atomic E-state index is 12.0. The van der Waals surface area contributed by atoms with Gasteiger partial charge in [-0.05, 0) is 20.8 Å². The van der Waals surface area contributed by atoms with Crippen molar-refractivity contribution >= 4 is 11.8 Å². The summed E-state index contributed by atoms with van der Waals surface area (Å²) in [5, 5.41) is 2.98. The smallest absolute Gasteiger partial charge is 0.317 e. The van der Waals surface area contributed by atoms with Gasteiger partial charge in [-0.15, -0.1) is 0 Å². The highest BCUT2D eigenvalue weighted by Crippen LogP contribution is 2.12. The standard InChI is InChI=1S/C13H21N5O/c1-13(2,3)16-12(19)18-8-6-17(7-9-18)11-10-14-4-5-15-11/h4-5,10H,6-9H2,1-3H3,(H,16,19). The minimum Gasteiger partial charge on any atom is -0.352 e. The van der Waals surface area contributed by atoms with Crippen molar-refractivity contribution in [3.05, 3.63) is 18.6 Å². The summed E-state index contributed by atoms with van der Waals surface area (Å²) in [7, 11) is 0. The Morgan fingerprint density at radius 1 is 1.21 bits per heavy atom. The van der Waals surface area contributed by atoms with E-state index in [2.05, 4.69) is 20.2 Å².